The zero-order chi connectivity index (χ0) is 18.3. The van der Waals surface area contributed by atoms with E-state index >= 15 is 0 Å². The van der Waals surface area contributed by atoms with Crippen LogP contribution >= 0.6 is 0 Å². The number of nitrogens with one attached hydrogen (secondary N) is 2. The highest BCUT2D eigenvalue weighted by atomic mass is 19.1. The topological polar surface area (TPSA) is 76.7 Å². The number of hydrogen-bond donors (Lipinski definition) is 2. The number of amides is 2. The first-order chi connectivity index (χ1) is 11.1. The van der Waals surface area contributed by atoms with Gasteiger partial charge in [-0.25, -0.2) is 9.18 Å². The van der Waals surface area contributed by atoms with Crippen LogP contribution in [0.1, 0.15) is 45.7 Å². The third-order valence-electron chi connectivity index (χ3n) is 3.07. The van der Waals surface area contributed by atoms with E-state index in [-0.39, 0.29) is 30.7 Å². The highest BCUT2D eigenvalue weighted by Gasteiger charge is 2.16. The summed E-state index contributed by atoms with van der Waals surface area (Å²) in [6, 6.07) is 4.16. The number of alkyl carbamates (subject to hydrolysis) is 1. The van der Waals surface area contributed by atoms with Crippen molar-refractivity contribution in [3.8, 4) is 5.75 Å². The first-order valence-electron chi connectivity index (χ1n) is 7.72. The number of methoxy groups -OCH3 is 1. The fourth-order valence-electron chi connectivity index (χ4n) is 1.94. The fourth-order valence-corrected chi connectivity index (χ4v) is 1.94. The Morgan fingerprint density at radius 3 is 2.50 bits per heavy atom. The fraction of sp³-hybridized carbons (Fsp3) is 0.529. The minimum atomic E-state index is -0.584. The summed E-state index contributed by atoms with van der Waals surface area (Å²) < 4.78 is 23.6. The predicted molar refractivity (Wildman–Crippen MR) is 88.4 cm³/mol. The molecule has 0 saturated heterocycles. The van der Waals surface area contributed by atoms with Crippen LogP contribution in [-0.4, -0.2) is 31.3 Å². The number of carbonyl (C=O) groups is 2. The lowest BCUT2D eigenvalue weighted by Gasteiger charge is -2.19. The lowest BCUT2D eigenvalue weighted by molar-refractivity contribution is -0.121. The van der Waals surface area contributed by atoms with Gasteiger partial charge in [0.05, 0.1) is 13.2 Å². The normalized spacial score (nSPS) is 12.2. The number of carbonyl (C=O) groups excluding carboxylic acids is 2. The Kier molecular flexibility index (Phi) is 7.00. The van der Waals surface area contributed by atoms with Gasteiger partial charge in [0, 0.05) is 13.0 Å². The Labute approximate surface area is 141 Å². The summed E-state index contributed by atoms with van der Waals surface area (Å²) in [6.07, 6.45) is -0.469. The number of rotatable bonds is 6. The van der Waals surface area contributed by atoms with E-state index in [0.29, 0.717) is 5.56 Å². The molecule has 0 aliphatic heterocycles. The second kappa shape index (κ2) is 8.52. The average molecular weight is 340 g/mol. The van der Waals surface area contributed by atoms with Gasteiger partial charge in [0.2, 0.25) is 5.91 Å². The van der Waals surface area contributed by atoms with Gasteiger partial charge in [0.25, 0.3) is 0 Å². The van der Waals surface area contributed by atoms with Crippen molar-refractivity contribution in [3.05, 3.63) is 29.6 Å². The molecule has 0 aliphatic carbocycles. The van der Waals surface area contributed by atoms with E-state index in [1.165, 1.54) is 19.2 Å². The Morgan fingerprint density at radius 1 is 1.29 bits per heavy atom. The molecule has 2 amide bonds. The second-order valence-electron chi connectivity index (χ2n) is 6.36. The second-order valence-corrected chi connectivity index (χ2v) is 6.36. The molecule has 0 fully saturated rings. The molecule has 134 valence electrons. The van der Waals surface area contributed by atoms with Crippen LogP contribution in [0.4, 0.5) is 9.18 Å². The van der Waals surface area contributed by atoms with Crippen LogP contribution in [0.2, 0.25) is 0 Å². The van der Waals surface area contributed by atoms with E-state index in [1.54, 1.807) is 33.8 Å². The lowest BCUT2D eigenvalue weighted by atomic mass is 10.1. The van der Waals surface area contributed by atoms with Crippen molar-refractivity contribution in [2.45, 2.75) is 45.8 Å². The molecule has 0 heterocycles. The molecule has 0 bridgehead atoms. The Hall–Kier alpha value is -2.31. The third-order valence-corrected chi connectivity index (χ3v) is 3.07. The molecule has 24 heavy (non-hydrogen) atoms. The van der Waals surface area contributed by atoms with Gasteiger partial charge in [-0.1, -0.05) is 6.07 Å². The molecular weight excluding hydrogens is 315 g/mol. The summed E-state index contributed by atoms with van der Waals surface area (Å²) >= 11 is 0. The van der Waals surface area contributed by atoms with E-state index in [2.05, 4.69) is 10.6 Å². The maximum absolute atomic E-state index is 13.7. The van der Waals surface area contributed by atoms with Gasteiger partial charge in [-0.05, 0) is 45.4 Å². The highest BCUT2D eigenvalue weighted by Crippen LogP contribution is 2.21. The molecule has 0 aliphatic rings. The zero-order valence-corrected chi connectivity index (χ0v) is 14.7. The van der Waals surface area contributed by atoms with E-state index in [9.17, 15) is 14.0 Å². The van der Waals surface area contributed by atoms with Crippen molar-refractivity contribution in [1.82, 2.24) is 10.6 Å². The van der Waals surface area contributed by atoms with Gasteiger partial charge >= 0.3 is 6.09 Å². The molecule has 0 radical (unpaired) electrons. The van der Waals surface area contributed by atoms with Gasteiger partial charge in [0.15, 0.2) is 11.6 Å². The third kappa shape index (κ3) is 6.85. The molecule has 0 unspecified atom stereocenters. The van der Waals surface area contributed by atoms with Crippen LogP contribution in [-0.2, 0) is 9.53 Å². The molecular formula is C17H25FN2O4. The van der Waals surface area contributed by atoms with Gasteiger partial charge in [0.1, 0.15) is 5.60 Å². The summed E-state index contributed by atoms with van der Waals surface area (Å²) in [6.45, 7) is 7.18. The quantitative estimate of drug-likeness (QED) is 0.835. The summed E-state index contributed by atoms with van der Waals surface area (Å²) in [5.41, 5.74) is 0.0426. The summed E-state index contributed by atoms with van der Waals surface area (Å²) in [4.78, 5) is 23.3. The van der Waals surface area contributed by atoms with Crippen molar-refractivity contribution in [2.24, 2.45) is 0 Å². The monoisotopic (exact) mass is 340 g/mol. The molecule has 1 aromatic rings. The number of halogens is 1. The number of hydrogen-bond acceptors (Lipinski definition) is 4. The van der Waals surface area contributed by atoms with Crippen LogP contribution in [0.15, 0.2) is 18.2 Å². The molecule has 7 heteroatoms. The maximum atomic E-state index is 13.7. The molecule has 1 aromatic carbocycles. The predicted octanol–water partition coefficient (Wildman–Crippen LogP) is 2.93. The molecule has 1 atom stereocenters. The highest BCUT2D eigenvalue weighted by molar-refractivity contribution is 5.77. The minimum absolute atomic E-state index is 0.0994. The lowest BCUT2D eigenvalue weighted by Crippen LogP contribution is -2.35. The molecule has 0 aromatic heterocycles. The maximum Gasteiger partial charge on any atom is 0.407 e. The zero-order valence-electron chi connectivity index (χ0n) is 14.7. The van der Waals surface area contributed by atoms with Gasteiger partial charge in [-0.3, -0.25) is 4.79 Å². The molecule has 1 rings (SSSR count). The standard InChI is InChI=1S/C17H25FN2O4/c1-11(12-6-7-14(23-5)13(18)10-12)20-15(21)8-9-19-16(22)24-17(2,3)4/h6-7,10-11H,8-9H2,1-5H3,(H,19,22)(H,20,21)/t11-/m1/s1. The van der Waals surface area contributed by atoms with Gasteiger partial charge in [-0.15, -0.1) is 0 Å². The minimum Gasteiger partial charge on any atom is -0.494 e. The molecule has 6 nitrogen and oxygen atoms in total. The van der Waals surface area contributed by atoms with Gasteiger partial charge < -0.3 is 20.1 Å². The van der Waals surface area contributed by atoms with Crippen LogP contribution in [0.3, 0.4) is 0 Å². The molecule has 2 N–H and O–H groups in total. The number of ether oxygens (including phenoxy) is 2. The number of benzene rings is 1. The summed E-state index contributed by atoms with van der Waals surface area (Å²) in [5, 5.41) is 5.25. The van der Waals surface area contributed by atoms with E-state index in [0.717, 1.165) is 0 Å². The largest absolute Gasteiger partial charge is 0.494 e. The molecule has 0 spiro atoms. The van der Waals surface area contributed by atoms with Crippen molar-refractivity contribution >= 4 is 12.0 Å². The van der Waals surface area contributed by atoms with E-state index in [1.807, 2.05) is 0 Å². The van der Waals surface area contributed by atoms with E-state index < -0.39 is 17.5 Å². The van der Waals surface area contributed by atoms with Crippen molar-refractivity contribution < 1.29 is 23.5 Å². The Bertz CT molecular complexity index is 584. The molecule has 0 saturated carbocycles. The Morgan fingerprint density at radius 2 is 1.96 bits per heavy atom. The Balaban J connectivity index is 2.42. The van der Waals surface area contributed by atoms with Crippen molar-refractivity contribution in [3.63, 3.8) is 0 Å². The van der Waals surface area contributed by atoms with Crippen LogP contribution < -0.4 is 15.4 Å². The smallest absolute Gasteiger partial charge is 0.407 e. The summed E-state index contributed by atoms with van der Waals surface area (Å²) in [7, 11) is 1.39. The van der Waals surface area contributed by atoms with Crippen molar-refractivity contribution in [2.75, 3.05) is 13.7 Å². The average Bonchev–Trinajstić information content (AvgIpc) is 2.45. The van der Waals surface area contributed by atoms with E-state index in [4.69, 9.17) is 9.47 Å². The SMILES string of the molecule is COc1ccc([C@@H](C)NC(=O)CCNC(=O)OC(C)(C)C)cc1F. The van der Waals surface area contributed by atoms with Crippen molar-refractivity contribution in [1.29, 1.82) is 0 Å². The first kappa shape index (κ1) is 19.7. The van der Waals surface area contributed by atoms with Crippen LogP contribution in [0, 0.1) is 5.82 Å². The first-order valence-corrected chi connectivity index (χ1v) is 7.72. The van der Waals surface area contributed by atoms with Gasteiger partial charge in [-0.2, -0.15) is 0 Å². The van der Waals surface area contributed by atoms with Crippen LogP contribution in [0.25, 0.3) is 0 Å². The van der Waals surface area contributed by atoms with Crippen LogP contribution in [0.5, 0.6) is 5.75 Å². The summed E-state index contributed by atoms with van der Waals surface area (Å²) in [5.74, 6) is -0.587.